The molecule has 0 bridgehead atoms. The summed E-state index contributed by atoms with van der Waals surface area (Å²) in [7, 11) is 0. The smallest absolute Gasteiger partial charge is 0.251 e. The van der Waals surface area contributed by atoms with Crippen molar-refractivity contribution in [3.8, 4) is 5.75 Å². The minimum Gasteiger partial charge on any atom is -0.494 e. The zero-order valence-corrected chi connectivity index (χ0v) is 15.7. The second-order valence-electron chi connectivity index (χ2n) is 6.97. The molecule has 1 aliphatic heterocycles. The molecular formula is C22H28N2O2. The van der Waals surface area contributed by atoms with Crippen molar-refractivity contribution in [3.05, 3.63) is 65.2 Å². The van der Waals surface area contributed by atoms with Crippen LogP contribution in [0.4, 0.5) is 0 Å². The second-order valence-corrected chi connectivity index (χ2v) is 6.97. The predicted octanol–water partition coefficient (Wildman–Crippen LogP) is 3.79. The van der Waals surface area contributed by atoms with E-state index < -0.39 is 0 Å². The molecule has 0 spiro atoms. The largest absolute Gasteiger partial charge is 0.494 e. The summed E-state index contributed by atoms with van der Waals surface area (Å²) in [6.07, 6.45) is 1.99. The van der Waals surface area contributed by atoms with Crippen LogP contribution in [0.1, 0.15) is 41.3 Å². The van der Waals surface area contributed by atoms with Gasteiger partial charge in [-0.15, -0.1) is 0 Å². The molecule has 3 rings (SSSR count). The number of nitrogens with one attached hydrogen (secondary N) is 1. The summed E-state index contributed by atoms with van der Waals surface area (Å²) < 4.78 is 5.42. The average molecular weight is 352 g/mol. The van der Waals surface area contributed by atoms with E-state index in [0.29, 0.717) is 12.2 Å². The van der Waals surface area contributed by atoms with E-state index in [1.165, 1.54) is 11.1 Å². The van der Waals surface area contributed by atoms with Gasteiger partial charge in [-0.3, -0.25) is 9.69 Å². The lowest BCUT2D eigenvalue weighted by atomic mass is 10.0. The van der Waals surface area contributed by atoms with E-state index in [-0.39, 0.29) is 11.9 Å². The van der Waals surface area contributed by atoms with E-state index in [1.54, 1.807) is 0 Å². The minimum atomic E-state index is 0.00480. The van der Waals surface area contributed by atoms with Gasteiger partial charge in [-0.25, -0.2) is 0 Å². The molecule has 0 aliphatic carbocycles. The molecular weight excluding hydrogens is 324 g/mol. The highest BCUT2D eigenvalue weighted by atomic mass is 16.5. The molecule has 138 valence electrons. The number of nitrogens with zero attached hydrogens (tertiary/aromatic N) is 1. The summed E-state index contributed by atoms with van der Waals surface area (Å²) >= 11 is 0. The Balaban J connectivity index is 1.46. The number of amides is 1. The first-order valence-corrected chi connectivity index (χ1v) is 9.45. The maximum Gasteiger partial charge on any atom is 0.251 e. The van der Waals surface area contributed by atoms with Crippen LogP contribution in [0.15, 0.2) is 48.5 Å². The van der Waals surface area contributed by atoms with Gasteiger partial charge < -0.3 is 10.1 Å². The van der Waals surface area contributed by atoms with Gasteiger partial charge in [0, 0.05) is 31.2 Å². The Hall–Kier alpha value is -2.33. The number of hydrogen-bond donors (Lipinski definition) is 1. The van der Waals surface area contributed by atoms with Crippen LogP contribution in [0.2, 0.25) is 0 Å². The van der Waals surface area contributed by atoms with Gasteiger partial charge in [0.2, 0.25) is 0 Å². The summed E-state index contributed by atoms with van der Waals surface area (Å²) in [4.78, 5) is 14.9. The molecule has 0 radical (unpaired) electrons. The fourth-order valence-electron chi connectivity index (χ4n) is 3.44. The van der Waals surface area contributed by atoms with E-state index in [1.807, 2.05) is 31.2 Å². The van der Waals surface area contributed by atoms with Crippen molar-refractivity contribution < 1.29 is 9.53 Å². The first-order valence-electron chi connectivity index (χ1n) is 9.45. The molecule has 1 amide bonds. The lowest BCUT2D eigenvalue weighted by Crippen LogP contribution is -2.44. The van der Waals surface area contributed by atoms with Crippen LogP contribution < -0.4 is 10.1 Å². The lowest BCUT2D eigenvalue weighted by molar-refractivity contribution is 0.0909. The highest BCUT2D eigenvalue weighted by molar-refractivity contribution is 5.94. The van der Waals surface area contributed by atoms with E-state index in [4.69, 9.17) is 4.74 Å². The number of ether oxygens (including phenoxy) is 1. The molecule has 0 saturated carbocycles. The Morgan fingerprint density at radius 1 is 1.15 bits per heavy atom. The van der Waals surface area contributed by atoms with Crippen LogP contribution >= 0.6 is 0 Å². The van der Waals surface area contributed by atoms with Gasteiger partial charge in [0.15, 0.2) is 0 Å². The van der Waals surface area contributed by atoms with E-state index in [2.05, 4.69) is 41.4 Å². The van der Waals surface area contributed by atoms with Crippen molar-refractivity contribution in [2.45, 2.75) is 39.3 Å². The van der Waals surface area contributed by atoms with Gasteiger partial charge in [-0.2, -0.15) is 0 Å². The maximum atomic E-state index is 12.4. The molecule has 0 aromatic heterocycles. The number of carbonyl (C=O) groups is 1. The minimum absolute atomic E-state index is 0.00480. The molecule has 1 saturated heterocycles. The Morgan fingerprint density at radius 3 is 2.54 bits per heavy atom. The van der Waals surface area contributed by atoms with Crippen molar-refractivity contribution in [2.24, 2.45) is 0 Å². The van der Waals surface area contributed by atoms with Crippen LogP contribution in [0.5, 0.6) is 5.75 Å². The molecule has 0 atom stereocenters. The highest BCUT2D eigenvalue weighted by Gasteiger charge is 2.21. The van der Waals surface area contributed by atoms with Gasteiger partial charge in [0.1, 0.15) is 5.75 Å². The van der Waals surface area contributed by atoms with Crippen molar-refractivity contribution in [1.82, 2.24) is 10.2 Å². The zero-order chi connectivity index (χ0) is 18.4. The number of aryl methyl sites for hydroxylation is 1. The molecule has 26 heavy (non-hydrogen) atoms. The van der Waals surface area contributed by atoms with Crippen molar-refractivity contribution in [1.29, 1.82) is 0 Å². The van der Waals surface area contributed by atoms with Crippen LogP contribution in [0, 0.1) is 6.92 Å². The average Bonchev–Trinajstić information content (AvgIpc) is 2.64. The topological polar surface area (TPSA) is 41.6 Å². The van der Waals surface area contributed by atoms with Crippen LogP contribution in [-0.2, 0) is 6.54 Å². The fraction of sp³-hybridized carbons (Fsp3) is 0.409. The Labute approximate surface area is 156 Å². The number of hydrogen-bond acceptors (Lipinski definition) is 3. The molecule has 1 N–H and O–H groups in total. The molecule has 1 fully saturated rings. The summed E-state index contributed by atoms with van der Waals surface area (Å²) in [6, 6.07) is 16.3. The first-order chi connectivity index (χ1) is 12.6. The summed E-state index contributed by atoms with van der Waals surface area (Å²) in [6.45, 7) is 7.73. The fourth-order valence-corrected chi connectivity index (χ4v) is 3.44. The number of carbonyl (C=O) groups excluding carboxylic acids is 1. The van der Waals surface area contributed by atoms with Gasteiger partial charge in [-0.1, -0.05) is 29.8 Å². The van der Waals surface area contributed by atoms with Crippen molar-refractivity contribution in [2.75, 3.05) is 19.7 Å². The number of likely N-dealkylation sites (tertiary alicyclic amines) is 1. The molecule has 1 aliphatic rings. The van der Waals surface area contributed by atoms with Crippen LogP contribution in [-0.4, -0.2) is 36.5 Å². The van der Waals surface area contributed by atoms with Crippen molar-refractivity contribution in [3.63, 3.8) is 0 Å². The normalized spacial score (nSPS) is 15.6. The van der Waals surface area contributed by atoms with Gasteiger partial charge >= 0.3 is 0 Å². The monoisotopic (exact) mass is 352 g/mol. The molecule has 2 aromatic rings. The summed E-state index contributed by atoms with van der Waals surface area (Å²) in [5, 5.41) is 3.17. The van der Waals surface area contributed by atoms with Crippen molar-refractivity contribution >= 4 is 5.91 Å². The summed E-state index contributed by atoms with van der Waals surface area (Å²) in [5.74, 6) is 0.804. The van der Waals surface area contributed by atoms with Gasteiger partial charge in [0.05, 0.1) is 6.61 Å². The summed E-state index contributed by atoms with van der Waals surface area (Å²) in [5.41, 5.74) is 3.36. The third-order valence-electron chi connectivity index (χ3n) is 4.84. The predicted molar refractivity (Wildman–Crippen MR) is 105 cm³/mol. The van der Waals surface area contributed by atoms with E-state index in [0.717, 1.165) is 38.2 Å². The standard InChI is InChI=1S/C22H28N2O2/c1-3-26-21-9-7-19(8-10-21)22(25)23-20-11-13-24(14-12-20)16-18-6-4-5-17(2)15-18/h4-10,15,20H,3,11-14,16H2,1-2H3,(H,23,25). The zero-order valence-electron chi connectivity index (χ0n) is 15.7. The van der Waals surface area contributed by atoms with Gasteiger partial charge in [-0.05, 0) is 56.5 Å². The SMILES string of the molecule is CCOc1ccc(C(=O)NC2CCN(Cc3cccc(C)c3)CC2)cc1. The van der Waals surface area contributed by atoms with E-state index in [9.17, 15) is 4.79 Å². The third-order valence-corrected chi connectivity index (χ3v) is 4.84. The van der Waals surface area contributed by atoms with E-state index >= 15 is 0 Å². The maximum absolute atomic E-state index is 12.4. The Morgan fingerprint density at radius 2 is 1.88 bits per heavy atom. The lowest BCUT2D eigenvalue weighted by Gasteiger charge is -2.32. The molecule has 4 heteroatoms. The van der Waals surface area contributed by atoms with Crippen LogP contribution in [0.25, 0.3) is 0 Å². The first kappa shape index (κ1) is 18.5. The number of benzene rings is 2. The Kier molecular flexibility index (Phi) is 6.29. The molecule has 1 heterocycles. The quantitative estimate of drug-likeness (QED) is 0.860. The van der Waals surface area contributed by atoms with Gasteiger partial charge in [0.25, 0.3) is 5.91 Å². The molecule has 0 unspecified atom stereocenters. The van der Waals surface area contributed by atoms with Crippen LogP contribution in [0.3, 0.4) is 0 Å². The number of rotatable bonds is 6. The number of piperidine rings is 1. The molecule has 2 aromatic carbocycles. The highest BCUT2D eigenvalue weighted by Crippen LogP contribution is 2.16. The second kappa shape index (κ2) is 8.86. The third kappa shape index (κ3) is 5.09. The Bertz CT molecular complexity index is 719. The molecule has 4 nitrogen and oxygen atoms in total.